The summed E-state index contributed by atoms with van der Waals surface area (Å²) in [6, 6.07) is 18.8. The summed E-state index contributed by atoms with van der Waals surface area (Å²) in [7, 11) is 0. The van der Waals surface area contributed by atoms with E-state index in [4.69, 9.17) is 0 Å². The molecular formula is C18H11N. The number of allylic oxidation sites excluding steroid dienone is 1. The molecule has 1 aliphatic rings. The highest BCUT2D eigenvalue weighted by Gasteiger charge is 2.08. The van der Waals surface area contributed by atoms with Gasteiger partial charge in [0.25, 0.3) is 0 Å². The number of hydrogen-bond acceptors (Lipinski definition) is 0. The van der Waals surface area contributed by atoms with Gasteiger partial charge in [0.15, 0.2) is 0 Å². The van der Waals surface area contributed by atoms with Crippen LogP contribution in [0.3, 0.4) is 0 Å². The van der Waals surface area contributed by atoms with Crippen molar-refractivity contribution in [2.75, 3.05) is 0 Å². The van der Waals surface area contributed by atoms with Gasteiger partial charge in [0.1, 0.15) is 5.35 Å². The molecule has 0 amide bonds. The lowest BCUT2D eigenvalue weighted by Gasteiger charge is -2.04. The zero-order valence-electron chi connectivity index (χ0n) is 10.3. The monoisotopic (exact) mass is 241 g/mol. The number of para-hydroxylation sites is 2. The van der Waals surface area contributed by atoms with Crippen LogP contribution in [0.1, 0.15) is 0 Å². The molecule has 3 aromatic rings. The van der Waals surface area contributed by atoms with Gasteiger partial charge in [-0.05, 0) is 36.1 Å². The molecule has 19 heavy (non-hydrogen) atoms. The summed E-state index contributed by atoms with van der Waals surface area (Å²) in [5, 5.41) is 3.56. The topological polar surface area (TPSA) is 4.93 Å². The highest BCUT2D eigenvalue weighted by molar-refractivity contribution is 5.84. The van der Waals surface area contributed by atoms with Gasteiger partial charge in [-0.3, -0.25) is 0 Å². The van der Waals surface area contributed by atoms with E-state index in [0.717, 1.165) is 11.0 Å². The Kier molecular flexibility index (Phi) is 2.10. The largest absolute Gasteiger partial charge is 0.302 e. The van der Waals surface area contributed by atoms with Gasteiger partial charge in [0.05, 0.1) is 5.52 Å². The fourth-order valence-electron chi connectivity index (χ4n) is 2.64. The Morgan fingerprint density at radius 2 is 1.63 bits per heavy atom. The molecule has 0 fully saturated rings. The number of benzene rings is 2. The van der Waals surface area contributed by atoms with Crippen molar-refractivity contribution in [2.45, 2.75) is 0 Å². The van der Waals surface area contributed by atoms with Gasteiger partial charge >= 0.3 is 0 Å². The molecule has 4 rings (SSSR count). The van der Waals surface area contributed by atoms with E-state index < -0.39 is 0 Å². The molecule has 0 saturated carbocycles. The summed E-state index contributed by atoms with van der Waals surface area (Å²) in [5.74, 6) is 0. The second-order valence-corrected chi connectivity index (χ2v) is 4.55. The second kappa shape index (κ2) is 3.90. The molecule has 2 aromatic carbocycles. The Labute approximate surface area is 110 Å². The van der Waals surface area contributed by atoms with E-state index in [1.807, 2.05) is 12.1 Å². The average molecular weight is 241 g/mol. The van der Waals surface area contributed by atoms with E-state index in [0.29, 0.717) is 0 Å². The Bertz CT molecular complexity index is 962. The Hall–Kier alpha value is -2.72. The van der Waals surface area contributed by atoms with Crippen molar-refractivity contribution < 1.29 is 0 Å². The summed E-state index contributed by atoms with van der Waals surface area (Å²) >= 11 is 0. The molecule has 1 heteroatoms. The SMILES string of the molecule is C1=C=c2c(c3ccccc3n2-c2ccccc2)=CC=1. The zero-order valence-corrected chi connectivity index (χ0v) is 10.3. The first-order valence-electron chi connectivity index (χ1n) is 6.32. The van der Waals surface area contributed by atoms with Crippen molar-refractivity contribution >= 4 is 22.7 Å². The first-order chi connectivity index (χ1) is 9.45. The quantitative estimate of drug-likeness (QED) is 0.577. The summed E-state index contributed by atoms with van der Waals surface area (Å²) in [4.78, 5) is 0. The van der Waals surface area contributed by atoms with Crippen molar-refractivity contribution in [2.24, 2.45) is 0 Å². The number of aromatic nitrogens is 1. The van der Waals surface area contributed by atoms with Crippen molar-refractivity contribution in [1.29, 1.82) is 0 Å². The molecule has 1 heterocycles. The number of rotatable bonds is 1. The Morgan fingerprint density at radius 3 is 2.53 bits per heavy atom. The lowest BCUT2D eigenvalue weighted by molar-refractivity contribution is 1.07. The number of fused-ring (bicyclic) bond motifs is 3. The molecule has 0 spiro atoms. The summed E-state index contributed by atoms with van der Waals surface area (Å²) < 4.78 is 2.24. The van der Waals surface area contributed by atoms with Crippen molar-refractivity contribution in [3.8, 4) is 5.69 Å². The molecule has 0 N–H and O–H groups in total. The summed E-state index contributed by atoms with van der Waals surface area (Å²) in [6.07, 6.45) is 4.03. The average Bonchev–Trinajstić information content (AvgIpc) is 2.83. The Morgan fingerprint density at radius 1 is 0.842 bits per heavy atom. The molecule has 0 unspecified atom stereocenters. The fraction of sp³-hybridized carbons (Fsp3) is 0. The second-order valence-electron chi connectivity index (χ2n) is 4.55. The van der Waals surface area contributed by atoms with Gasteiger partial charge in [-0.2, -0.15) is 0 Å². The van der Waals surface area contributed by atoms with Gasteiger partial charge in [0.2, 0.25) is 0 Å². The summed E-state index contributed by atoms with van der Waals surface area (Å²) in [5.41, 5.74) is 8.67. The zero-order chi connectivity index (χ0) is 12.7. The highest BCUT2D eigenvalue weighted by Crippen LogP contribution is 2.14. The van der Waals surface area contributed by atoms with E-state index in [1.165, 1.54) is 16.1 Å². The van der Waals surface area contributed by atoms with Crippen molar-refractivity contribution in [3.05, 3.63) is 77.0 Å². The van der Waals surface area contributed by atoms with E-state index in [1.54, 1.807) is 0 Å². The van der Waals surface area contributed by atoms with Crippen LogP contribution in [0.4, 0.5) is 0 Å². The molecular weight excluding hydrogens is 230 g/mol. The minimum Gasteiger partial charge on any atom is -0.302 e. The normalized spacial score (nSPS) is 12.0. The predicted molar refractivity (Wildman–Crippen MR) is 78.5 cm³/mol. The van der Waals surface area contributed by atoms with E-state index in [2.05, 4.69) is 70.6 Å². The van der Waals surface area contributed by atoms with Gasteiger partial charge in [0, 0.05) is 16.3 Å². The molecule has 0 saturated heterocycles. The summed E-state index contributed by atoms with van der Waals surface area (Å²) in [6.45, 7) is 0. The molecule has 0 radical (unpaired) electrons. The first-order valence-corrected chi connectivity index (χ1v) is 6.32. The lowest BCUT2D eigenvalue weighted by atomic mass is 10.2. The van der Waals surface area contributed by atoms with E-state index in [9.17, 15) is 0 Å². The molecule has 1 aromatic heterocycles. The van der Waals surface area contributed by atoms with Crippen LogP contribution in [-0.2, 0) is 0 Å². The molecule has 88 valence electrons. The van der Waals surface area contributed by atoms with E-state index in [-0.39, 0.29) is 0 Å². The minimum atomic E-state index is 1.08. The maximum absolute atomic E-state index is 3.25. The molecule has 1 nitrogen and oxygen atoms in total. The van der Waals surface area contributed by atoms with Gasteiger partial charge < -0.3 is 4.57 Å². The van der Waals surface area contributed by atoms with Crippen molar-refractivity contribution in [1.82, 2.24) is 4.57 Å². The highest BCUT2D eigenvalue weighted by atomic mass is 15.0. The van der Waals surface area contributed by atoms with Crippen molar-refractivity contribution in [3.63, 3.8) is 0 Å². The van der Waals surface area contributed by atoms with Gasteiger partial charge in [-0.25, -0.2) is 0 Å². The van der Waals surface area contributed by atoms with Crippen LogP contribution >= 0.6 is 0 Å². The number of hydrogen-bond donors (Lipinski definition) is 0. The van der Waals surface area contributed by atoms with Crippen LogP contribution < -0.4 is 10.6 Å². The predicted octanol–water partition coefficient (Wildman–Crippen LogP) is 2.52. The molecule has 1 aliphatic carbocycles. The fourth-order valence-corrected chi connectivity index (χ4v) is 2.64. The minimum absolute atomic E-state index is 1.08. The first kappa shape index (κ1) is 10.2. The van der Waals surface area contributed by atoms with Crippen LogP contribution in [0.25, 0.3) is 28.4 Å². The van der Waals surface area contributed by atoms with Gasteiger partial charge in [-0.1, -0.05) is 42.1 Å². The third-order valence-corrected chi connectivity index (χ3v) is 3.45. The molecule has 0 aliphatic heterocycles. The smallest absolute Gasteiger partial charge is 0.105 e. The number of nitrogens with zero attached hydrogens (tertiary/aromatic N) is 1. The van der Waals surface area contributed by atoms with E-state index >= 15 is 0 Å². The van der Waals surface area contributed by atoms with Crippen LogP contribution in [0.5, 0.6) is 0 Å². The Balaban J connectivity index is 2.30. The van der Waals surface area contributed by atoms with Crippen LogP contribution in [-0.4, -0.2) is 4.57 Å². The lowest BCUT2D eigenvalue weighted by Crippen LogP contribution is -2.27. The third-order valence-electron chi connectivity index (χ3n) is 3.45. The van der Waals surface area contributed by atoms with Gasteiger partial charge in [-0.15, -0.1) is 0 Å². The molecule has 0 bridgehead atoms. The maximum Gasteiger partial charge on any atom is 0.105 e. The maximum atomic E-state index is 3.25. The van der Waals surface area contributed by atoms with Crippen LogP contribution in [0.15, 0.2) is 66.4 Å². The van der Waals surface area contributed by atoms with Crippen LogP contribution in [0, 0.1) is 0 Å². The third kappa shape index (κ3) is 1.44. The molecule has 0 atom stereocenters. The van der Waals surface area contributed by atoms with Crippen LogP contribution in [0.2, 0.25) is 0 Å². The standard InChI is InChI=1S/C18H11N/c1-2-8-14(9-3-1)19-17-12-6-4-10-15(17)16-11-5-7-13-18(16)19/h1-6,8-12H.